The summed E-state index contributed by atoms with van der Waals surface area (Å²) in [6.07, 6.45) is 4.30. The summed E-state index contributed by atoms with van der Waals surface area (Å²) in [7, 11) is 0. The highest BCUT2D eigenvalue weighted by Gasteiger charge is 2.23. The van der Waals surface area contributed by atoms with E-state index in [1.54, 1.807) is 29.3 Å². The smallest absolute Gasteiger partial charge is 0.260 e. The summed E-state index contributed by atoms with van der Waals surface area (Å²) in [6.45, 7) is 1.95. The molecule has 9 heteroatoms. The van der Waals surface area contributed by atoms with Gasteiger partial charge in [-0.3, -0.25) is 14.8 Å². The van der Waals surface area contributed by atoms with Crippen molar-refractivity contribution in [2.24, 2.45) is 5.73 Å². The lowest BCUT2D eigenvalue weighted by atomic mass is 10.1. The topological polar surface area (TPSA) is 106 Å². The number of thiazole rings is 1. The number of nitrogens with zero attached hydrogens (tertiary/aromatic N) is 3. The van der Waals surface area contributed by atoms with Crippen LogP contribution in [0.1, 0.15) is 16.8 Å². The number of nitrogens with two attached hydrogens (primary N) is 1. The second-order valence-electron chi connectivity index (χ2n) is 7.12. The molecule has 0 unspecified atom stereocenters. The number of nitrogens with one attached hydrogen (secondary N) is 1. The van der Waals surface area contributed by atoms with E-state index in [2.05, 4.69) is 16.3 Å². The molecule has 0 fully saturated rings. The lowest BCUT2D eigenvalue weighted by molar-refractivity contribution is 0.0985. The third-order valence-electron chi connectivity index (χ3n) is 5.06. The van der Waals surface area contributed by atoms with Crippen LogP contribution in [0.5, 0.6) is 11.5 Å². The van der Waals surface area contributed by atoms with E-state index >= 15 is 0 Å². The number of fused-ring (bicyclic) bond motifs is 2. The number of aromatic nitrogens is 3. The largest absolute Gasteiger partial charge is 0.486 e. The first kappa shape index (κ1) is 19.5. The van der Waals surface area contributed by atoms with E-state index < -0.39 is 0 Å². The number of carbonyl (C=O) groups is 1. The fraction of sp³-hybridized carbons (Fsp3) is 0.227. The van der Waals surface area contributed by atoms with Crippen molar-refractivity contribution in [1.82, 2.24) is 15.2 Å². The third-order valence-corrected chi connectivity index (χ3v) is 6.10. The summed E-state index contributed by atoms with van der Waals surface area (Å²) in [6, 6.07) is 11.3. The standard InChI is InChI=1S/C22H21N5O3S/c23-6-1-7-27(21(28)15-3-5-18-19(10-15)30-9-8-29-18)22-26-17-4-2-14(11-20(17)31-22)16-12-24-25-13-16/h2-5,10-13H,1,6-9,23H2,(H,24,25). The van der Waals surface area contributed by atoms with Crippen molar-refractivity contribution >= 4 is 32.6 Å². The Bertz CT molecular complexity index is 1220. The molecular weight excluding hydrogens is 414 g/mol. The molecule has 3 heterocycles. The van der Waals surface area contributed by atoms with Gasteiger partial charge in [0.05, 0.1) is 16.4 Å². The van der Waals surface area contributed by atoms with Crippen LogP contribution in [0.3, 0.4) is 0 Å². The summed E-state index contributed by atoms with van der Waals surface area (Å²) < 4.78 is 12.2. The van der Waals surface area contributed by atoms with Crippen molar-refractivity contribution < 1.29 is 14.3 Å². The number of ether oxygens (including phenoxy) is 2. The van der Waals surface area contributed by atoms with E-state index in [1.807, 2.05) is 18.3 Å². The highest BCUT2D eigenvalue weighted by molar-refractivity contribution is 7.22. The highest BCUT2D eigenvalue weighted by Crippen LogP contribution is 2.35. The number of hydrogen-bond donors (Lipinski definition) is 2. The van der Waals surface area contributed by atoms with Crippen molar-refractivity contribution in [2.75, 3.05) is 31.2 Å². The van der Waals surface area contributed by atoms with Crippen molar-refractivity contribution in [3.63, 3.8) is 0 Å². The summed E-state index contributed by atoms with van der Waals surface area (Å²) >= 11 is 1.49. The normalized spacial score (nSPS) is 12.8. The Kier molecular flexibility index (Phi) is 5.27. The number of H-pyrrole nitrogens is 1. The molecule has 2 aromatic heterocycles. The average Bonchev–Trinajstić information content (AvgIpc) is 3.48. The lowest BCUT2D eigenvalue weighted by Gasteiger charge is -2.22. The molecule has 0 spiro atoms. The number of benzene rings is 2. The number of amides is 1. The minimum absolute atomic E-state index is 0.139. The molecule has 0 atom stereocenters. The van der Waals surface area contributed by atoms with E-state index in [1.165, 1.54) is 11.3 Å². The van der Waals surface area contributed by atoms with Gasteiger partial charge in [-0.15, -0.1) is 0 Å². The van der Waals surface area contributed by atoms with Crippen LogP contribution < -0.4 is 20.1 Å². The third kappa shape index (κ3) is 3.85. The molecule has 0 radical (unpaired) electrons. The molecule has 4 aromatic rings. The van der Waals surface area contributed by atoms with Gasteiger partial charge in [-0.2, -0.15) is 5.10 Å². The van der Waals surface area contributed by atoms with Crippen molar-refractivity contribution in [1.29, 1.82) is 0 Å². The molecule has 2 aromatic carbocycles. The van der Waals surface area contributed by atoms with Crippen LogP contribution in [0, 0.1) is 0 Å². The zero-order valence-electron chi connectivity index (χ0n) is 16.7. The molecular formula is C22H21N5O3S. The molecule has 0 aliphatic carbocycles. The molecule has 1 aliphatic rings. The van der Waals surface area contributed by atoms with Crippen LogP contribution in [0.2, 0.25) is 0 Å². The first-order valence-electron chi connectivity index (χ1n) is 10.0. The monoisotopic (exact) mass is 435 g/mol. The fourth-order valence-electron chi connectivity index (χ4n) is 3.48. The van der Waals surface area contributed by atoms with Crippen molar-refractivity contribution in [2.45, 2.75) is 6.42 Å². The van der Waals surface area contributed by atoms with Gasteiger partial charge < -0.3 is 15.2 Å². The fourth-order valence-corrected chi connectivity index (χ4v) is 4.51. The number of carbonyl (C=O) groups excluding carboxylic acids is 1. The van der Waals surface area contributed by atoms with Gasteiger partial charge in [-0.05, 0) is 48.9 Å². The summed E-state index contributed by atoms with van der Waals surface area (Å²) in [5.74, 6) is 1.10. The maximum Gasteiger partial charge on any atom is 0.260 e. The second kappa shape index (κ2) is 8.37. The lowest BCUT2D eigenvalue weighted by Crippen LogP contribution is -2.33. The number of rotatable bonds is 6. The van der Waals surface area contributed by atoms with Crippen LogP contribution in [0.15, 0.2) is 48.8 Å². The second-order valence-corrected chi connectivity index (χ2v) is 8.13. The van der Waals surface area contributed by atoms with Crippen LogP contribution in [-0.4, -0.2) is 47.4 Å². The molecule has 5 rings (SSSR count). The first-order valence-corrected chi connectivity index (χ1v) is 10.9. The number of aromatic amines is 1. The maximum atomic E-state index is 13.4. The van der Waals surface area contributed by atoms with Crippen molar-refractivity contribution in [3.8, 4) is 22.6 Å². The van der Waals surface area contributed by atoms with E-state index in [-0.39, 0.29) is 5.91 Å². The summed E-state index contributed by atoms with van der Waals surface area (Å²) in [5, 5.41) is 7.49. The molecule has 1 amide bonds. The minimum atomic E-state index is -0.139. The van der Waals surface area contributed by atoms with Gasteiger partial charge in [-0.25, -0.2) is 4.98 Å². The van der Waals surface area contributed by atoms with Gasteiger partial charge in [0.2, 0.25) is 0 Å². The first-order chi connectivity index (χ1) is 15.2. The molecule has 3 N–H and O–H groups in total. The summed E-state index contributed by atoms with van der Waals surface area (Å²) in [4.78, 5) is 19.8. The molecule has 31 heavy (non-hydrogen) atoms. The Labute approximate surface area is 182 Å². The van der Waals surface area contributed by atoms with Crippen LogP contribution in [0.25, 0.3) is 21.3 Å². The average molecular weight is 436 g/mol. The predicted molar refractivity (Wildman–Crippen MR) is 120 cm³/mol. The molecule has 1 aliphatic heterocycles. The zero-order valence-corrected chi connectivity index (χ0v) is 17.5. The Morgan fingerprint density at radius 2 is 2.00 bits per heavy atom. The predicted octanol–water partition coefficient (Wildman–Crippen LogP) is 3.45. The number of anilines is 1. The van der Waals surface area contributed by atoms with E-state index in [4.69, 9.17) is 20.2 Å². The van der Waals surface area contributed by atoms with E-state index in [0.29, 0.717) is 54.9 Å². The zero-order chi connectivity index (χ0) is 21.2. The van der Waals surface area contributed by atoms with Gasteiger partial charge in [-0.1, -0.05) is 17.4 Å². The molecule has 8 nitrogen and oxygen atoms in total. The molecule has 0 bridgehead atoms. The number of hydrogen-bond acceptors (Lipinski definition) is 7. The van der Waals surface area contributed by atoms with Crippen LogP contribution >= 0.6 is 11.3 Å². The molecule has 158 valence electrons. The highest BCUT2D eigenvalue weighted by atomic mass is 32.1. The van der Waals surface area contributed by atoms with Gasteiger partial charge >= 0.3 is 0 Å². The molecule has 0 saturated heterocycles. The van der Waals surface area contributed by atoms with Gasteiger partial charge in [0.25, 0.3) is 5.91 Å². The van der Waals surface area contributed by atoms with Crippen LogP contribution in [0.4, 0.5) is 5.13 Å². The minimum Gasteiger partial charge on any atom is -0.486 e. The molecule has 0 saturated carbocycles. The van der Waals surface area contributed by atoms with Gasteiger partial charge in [0.15, 0.2) is 16.6 Å². The Hall–Kier alpha value is -3.43. The van der Waals surface area contributed by atoms with Crippen molar-refractivity contribution in [3.05, 3.63) is 54.4 Å². The van der Waals surface area contributed by atoms with Crippen LogP contribution in [-0.2, 0) is 0 Å². The Balaban J connectivity index is 1.49. The summed E-state index contributed by atoms with van der Waals surface area (Å²) in [5.41, 5.74) is 9.16. The Morgan fingerprint density at radius 1 is 1.13 bits per heavy atom. The SMILES string of the molecule is NCCCN(C(=O)c1ccc2c(c1)OCCO2)c1nc2ccc(-c3cn[nH]c3)cc2s1. The van der Waals surface area contributed by atoms with Gasteiger partial charge in [0, 0.05) is 23.9 Å². The van der Waals surface area contributed by atoms with E-state index in [0.717, 1.165) is 21.3 Å². The maximum absolute atomic E-state index is 13.4. The Morgan fingerprint density at radius 3 is 2.81 bits per heavy atom. The van der Waals surface area contributed by atoms with E-state index in [9.17, 15) is 4.79 Å². The quantitative estimate of drug-likeness (QED) is 0.480. The van der Waals surface area contributed by atoms with Gasteiger partial charge in [0.1, 0.15) is 13.2 Å².